The molecule has 0 fully saturated rings. The van der Waals surface area contributed by atoms with Gasteiger partial charge in [-0.25, -0.2) is 0 Å². The number of benzene rings is 8. The van der Waals surface area contributed by atoms with E-state index >= 15 is 0 Å². The Kier molecular flexibility index (Phi) is 5.96. The van der Waals surface area contributed by atoms with Crippen LogP contribution in [-0.2, 0) is 10.8 Å². The third-order valence-corrected chi connectivity index (χ3v) is 14.5. The maximum Gasteiger partial charge on any atom is 0.136 e. The molecule has 0 amide bonds. The molecule has 2 aliphatic carbocycles. The molecule has 0 saturated heterocycles. The summed E-state index contributed by atoms with van der Waals surface area (Å²) in [6, 6.07) is 51.7. The number of furan rings is 2. The Balaban J connectivity index is 0.879. The summed E-state index contributed by atoms with van der Waals surface area (Å²) < 4.78 is 13.0. The smallest absolute Gasteiger partial charge is 0.136 e. The molecule has 3 heteroatoms. The Bertz CT molecular complexity index is 3350. The first-order chi connectivity index (χ1) is 27.7. The highest BCUT2D eigenvalue weighted by Gasteiger charge is 2.38. The van der Waals surface area contributed by atoms with E-state index in [0.29, 0.717) is 0 Å². The molecule has 8 aromatic carbocycles. The second kappa shape index (κ2) is 10.7. The molecule has 0 unspecified atom stereocenters. The van der Waals surface area contributed by atoms with E-state index in [1.165, 1.54) is 109 Å². The fraction of sp³-hybridized carbons (Fsp3) is 0.111. The van der Waals surface area contributed by atoms with Crippen molar-refractivity contribution < 1.29 is 8.83 Å². The molecule has 11 aromatic rings. The predicted octanol–water partition coefficient (Wildman–Crippen LogP) is 15.8. The van der Waals surface area contributed by atoms with Crippen molar-refractivity contribution in [2.24, 2.45) is 0 Å². The predicted molar refractivity (Wildman–Crippen MR) is 240 cm³/mol. The summed E-state index contributed by atoms with van der Waals surface area (Å²) in [4.78, 5) is 1.29. The van der Waals surface area contributed by atoms with Crippen LogP contribution in [0.25, 0.3) is 109 Å². The summed E-state index contributed by atoms with van der Waals surface area (Å²) in [6.07, 6.45) is 0. The normalized spacial score (nSPS) is 14.9. The molecule has 3 aromatic heterocycles. The van der Waals surface area contributed by atoms with E-state index in [4.69, 9.17) is 8.83 Å². The van der Waals surface area contributed by atoms with Crippen LogP contribution in [0.5, 0.6) is 0 Å². The number of hydrogen-bond donors (Lipinski definition) is 0. The molecule has 2 nitrogen and oxygen atoms in total. The van der Waals surface area contributed by atoms with Gasteiger partial charge in [0.05, 0.1) is 0 Å². The monoisotopic (exact) mass is 748 g/mol. The summed E-state index contributed by atoms with van der Waals surface area (Å²) in [7, 11) is 0. The number of thiophene rings is 1. The van der Waals surface area contributed by atoms with Gasteiger partial charge in [-0.1, -0.05) is 113 Å². The quantitative estimate of drug-likeness (QED) is 0.176. The molecule has 13 rings (SSSR count). The molecular formula is C54H36O2S. The third kappa shape index (κ3) is 4.14. The average molecular weight is 749 g/mol. The maximum atomic E-state index is 6.52. The molecule has 0 N–H and O–H groups in total. The minimum Gasteiger partial charge on any atom is -0.456 e. The van der Waals surface area contributed by atoms with Crippen LogP contribution in [0.15, 0.2) is 154 Å². The van der Waals surface area contributed by atoms with Crippen LogP contribution in [0.2, 0.25) is 0 Å². The van der Waals surface area contributed by atoms with Gasteiger partial charge < -0.3 is 8.83 Å². The summed E-state index contributed by atoms with van der Waals surface area (Å²) in [5.74, 6) is 0. The molecule has 0 spiro atoms. The Labute approximate surface area is 333 Å². The Morgan fingerprint density at radius 2 is 0.877 bits per heavy atom. The summed E-state index contributed by atoms with van der Waals surface area (Å²) in [5.41, 5.74) is 17.9. The van der Waals surface area contributed by atoms with Gasteiger partial charge in [-0.05, 0) is 143 Å². The van der Waals surface area contributed by atoms with Crippen molar-refractivity contribution in [1.29, 1.82) is 0 Å². The van der Waals surface area contributed by atoms with E-state index < -0.39 is 0 Å². The average Bonchev–Trinajstić information content (AvgIpc) is 4.04. The van der Waals surface area contributed by atoms with E-state index in [1.54, 1.807) is 0 Å². The first-order valence-corrected chi connectivity index (χ1v) is 20.8. The summed E-state index contributed by atoms with van der Waals surface area (Å²) in [6.45, 7) is 9.43. The highest BCUT2D eigenvalue weighted by atomic mass is 32.1. The van der Waals surface area contributed by atoms with E-state index in [1.807, 2.05) is 11.3 Å². The zero-order valence-electron chi connectivity index (χ0n) is 32.1. The third-order valence-electron chi connectivity index (χ3n) is 13.5. The van der Waals surface area contributed by atoms with Crippen molar-refractivity contribution in [2.45, 2.75) is 38.5 Å². The van der Waals surface area contributed by atoms with Crippen molar-refractivity contribution in [3.8, 4) is 43.8 Å². The molecule has 3 heterocycles. The molecular weight excluding hydrogens is 713 g/mol. The van der Waals surface area contributed by atoms with Gasteiger partial charge in [-0.15, -0.1) is 11.3 Å². The molecule has 0 atom stereocenters. The van der Waals surface area contributed by atoms with Crippen molar-refractivity contribution >= 4 is 76.8 Å². The zero-order chi connectivity index (χ0) is 37.9. The molecule has 57 heavy (non-hydrogen) atoms. The van der Waals surface area contributed by atoms with Crippen molar-refractivity contribution in [3.63, 3.8) is 0 Å². The molecule has 0 saturated carbocycles. The highest BCUT2D eigenvalue weighted by molar-refractivity contribution is 7.14. The van der Waals surface area contributed by atoms with Gasteiger partial charge in [0, 0.05) is 37.3 Å². The molecule has 0 radical (unpaired) electrons. The molecule has 0 aliphatic heterocycles. The van der Waals surface area contributed by atoms with Gasteiger partial charge in [0.1, 0.15) is 22.3 Å². The molecule has 2 aliphatic rings. The fourth-order valence-corrected chi connectivity index (χ4v) is 11.4. The first-order valence-electron chi connectivity index (χ1n) is 19.9. The SMILES string of the molecule is CC1(C)c2cc(-c3csc(-c4ccc5c(c4)C(C)(C)c4cc6oc7ccc8ccccc8c7c6cc4-5)c3)ccc2-c2cc3c(cc21)oc1ccc2ccccc2c13. The second-order valence-electron chi connectivity index (χ2n) is 17.3. The van der Waals surface area contributed by atoms with Crippen LogP contribution >= 0.6 is 11.3 Å². The topological polar surface area (TPSA) is 26.3 Å². The van der Waals surface area contributed by atoms with Crippen molar-refractivity contribution in [1.82, 2.24) is 0 Å². The van der Waals surface area contributed by atoms with E-state index in [9.17, 15) is 0 Å². The standard InChI is InChI=1S/C54H36O2S/c1-53(2)42-21-31(13-17-36(42)38-24-40-48(26-44(38)53)55-46-19-15-29-9-5-7-11-34(29)51(40)46)33-23-50(57-28-33)32-14-18-37-39-25-41-49(27-45(39)54(3,4)43(37)22-32)56-47-20-16-30-10-6-8-12-35(30)52(41)47/h5-28H,1-4H3. The van der Waals surface area contributed by atoms with E-state index in [2.05, 4.69) is 173 Å². The minimum atomic E-state index is -0.157. The lowest BCUT2D eigenvalue weighted by Crippen LogP contribution is -2.15. The first kappa shape index (κ1) is 31.7. The van der Waals surface area contributed by atoms with Crippen LogP contribution < -0.4 is 0 Å². The zero-order valence-corrected chi connectivity index (χ0v) is 32.9. The number of fused-ring (bicyclic) bond motifs is 16. The minimum absolute atomic E-state index is 0.156. The number of hydrogen-bond acceptors (Lipinski definition) is 3. The van der Waals surface area contributed by atoms with E-state index in [-0.39, 0.29) is 10.8 Å². The van der Waals surface area contributed by atoms with Crippen LogP contribution in [0.4, 0.5) is 0 Å². The van der Waals surface area contributed by atoms with Gasteiger partial charge >= 0.3 is 0 Å². The lowest BCUT2D eigenvalue weighted by Gasteiger charge is -2.22. The summed E-state index contributed by atoms with van der Waals surface area (Å²) >= 11 is 1.83. The van der Waals surface area contributed by atoms with Gasteiger partial charge in [0.15, 0.2) is 0 Å². The van der Waals surface area contributed by atoms with Crippen LogP contribution in [0.1, 0.15) is 49.9 Å². The highest BCUT2D eigenvalue weighted by Crippen LogP contribution is 2.54. The molecule has 270 valence electrons. The maximum absolute atomic E-state index is 6.52. The van der Waals surface area contributed by atoms with E-state index in [0.717, 1.165) is 22.3 Å². The van der Waals surface area contributed by atoms with Crippen LogP contribution in [0.3, 0.4) is 0 Å². The second-order valence-corrected chi connectivity index (χ2v) is 18.2. The van der Waals surface area contributed by atoms with Crippen molar-refractivity contribution in [3.05, 3.63) is 167 Å². The van der Waals surface area contributed by atoms with Gasteiger partial charge in [-0.2, -0.15) is 0 Å². The van der Waals surface area contributed by atoms with Gasteiger partial charge in [0.25, 0.3) is 0 Å². The van der Waals surface area contributed by atoms with Crippen LogP contribution in [0, 0.1) is 0 Å². The lowest BCUT2D eigenvalue weighted by atomic mass is 9.81. The largest absolute Gasteiger partial charge is 0.456 e. The van der Waals surface area contributed by atoms with Crippen LogP contribution in [-0.4, -0.2) is 0 Å². The van der Waals surface area contributed by atoms with Gasteiger partial charge in [0.2, 0.25) is 0 Å². The Morgan fingerprint density at radius 1 is 0.386 bits per heavy atom. The Hall–Kier alpha value is -6.42. The molecule has 0 bridgehead atoms. The lowest BCUT2D eigenvalue weighted by molar-refractivity contribution is 0.647. The van der Waals surface area contributed by atoms with Gasteiger partial charge in [-0.3, -0.25) is 0 Å². The Morgan fingerprint density at radius 3 is 1.44 bits per heavy atom. The van der Waals surface area contributed by atoms with Crippen molar-refractivity contribution in [2.75, 3.05) is 0 Å². The summed E-state index contributed by atoms with van der Waals surface area (Å²) in [5, 5.41) is 12.1. The number of rotatable bonds is 2. The fourth-order valence-electron chi connectivity index (χ4n) is 10.5.